The molecule has 2 heterocycles. The van der Waals surface area contributed by atoms with E-state index in [1.165, 1.54) is 36.8 Å². The lowest BCUT2D eigenvalue weighted by atomic mass is 10.0. The second kappa shape index (κ2) is 21.6. The van der Waals surface area contributed by atoms with Gasteiger partial charge >= 0.3 is 7.82 Å². The van der Waals surface area contributed by atoms with Gasteiger partial charge in [0.2, 0.25) is 35.4 Å². The van der Waals surface area contributed by atoms with Crippen molar-refractivity contribution in [3.8, 4) is 0 Å². The van der Waals surface area contributed by atoms with Gasteiger partial charge < -0.3 is 51.4 Å². The van der Waals surface area contributed by atoms with Crippen LogP contribution in [0.2, 0.25) is 0 Å². The molecule has 0 aliphatic carbocycles. The Balaban J connectivity index is 1.67. The second-order valence-corrected chi connectivity index (χ2v) is 15.5. The molecule has 1 aliphatic heterocycles. The first-order chi connectivity index (χ1) is 26.3. The van der Waals surface area contributed by atoms with Crippen molar-refractivity contribution in [3.63, 3.8) is 0 Å². The third-order valence-electron chi connectivity index (χ3n) is 9.11. The minimum atomic E-state index is -5.04. The minimum absolute atomic E-state index is 0.0794. The highest BCUT2D eigenvalue weighted by molar-refractivity contribution is 7.46. The molecule has 56 heavy (non-hydrogen) atoms. The first-order valence-electron chi connectivity index (χ1n) is 18.5. The standard InChI is InChI=1S/C36H55N8O11P/c1-21(2)15-28(42-36(50)30-17-27(19-44(30)24(5)45)54-14-10-9-13-25-11-7-6-8-12-25)35(49)41-29(16-26-18-38-20-39-26)34(48)40-22(3)33(47)43-31(32(37)46)23(4)55-56(51,52)53/h6-8,11-12,18,20-23,27-31H,9-10,13-17,19H2,1-5H3,(H2,37,46)(H,38,39)(H,40,48)(H,41,49)(H,42,50)(H,43,47)(H2,51,52,53)/t22-,23+,27+,28-,29-,30-,31-/m0/s1. The van der Waals surface area contributed by atoms with E-state index in [1.54, 1.807) is 0 Å². The summed E-state index contributed by atoms with van der Waals surface area (Å²) in [4.78, 5) is 105. The zero-order chi connectivity index (χ0) is 41.6. The fraction of sp³-hybridized carbons (Fsp3) is 0.583. The Labute approximate surface area is 325 Å². The number of phosphoric ester groups is 1. The summed E-state index contributed by atoms with van der Waals surface area (Å²) in [5, 5.41) is 10.1. The maximum absolute atomic E-state index is 13.8. The number of aromatic amines is 1. The molecule has 0 radical (unpaired) electrons. The largest absolute Gasteiger partial charge is 0.469 e. The number of nitrogens with two attached hydrogens (primary N) is 1. The summed E-state index contributed by atoms with van der Waals surface area (Å²) in [7, 11) is -5.04. The van der Waals surface area contributed by atoms with Crippen LogP contribution in [-0.2, 0) is 55.4 Å². The Hall–Kier alpha value is -4.68. The van der Waals surface area contributed by atoms with E-state index in [1.807, 2.05) is 32.0 Å². The summed E-state index contributed by atoms with van der Waals surface area (Å²) in [6.45, 7) is 8.16. The van der Waals surface area contributed by atoms with Crippen molar-refractivity contribution in [2.24, 2.45) is 11.7 Å². The molecule has 1 aromatic carbocycles. The van der Waals surface area contributed by atoms with Gasteiger partial charge in [-0.1, -0.05) is 44.2 Å². The third kappa shape index (κ3) is 15.1. The van der Waals surface area contributed by atoms with Gasteiger partial charge in [-0.3, -0.25) is 33.3 Å². The van der Waals surface area contributed by atoms with Crippen LogP contribution >= 0.6 is 7.82 Å². The Morgan fingerprint density at radius 2 is 1.64 bits per heavy atom. The topological polar surface area (TPSA) is 284 Å². The van der Waals surface area contributed by atoms with E-state index in [0.29, 0.717) is 12.3 Å². The number of carbonyl (C=O) groups is 6. The summed E-state index contributed by atoms with van der Waals surface area (Å²) in [6, 6.07) is 3.80. The van der Waals surface area contributed by atoms with Crippen molar-refractivity contribution >= 4 is 43.3 Å². The Morgan fingerprint density at radius 3 is 2.23 bits per heavy atom. The van der Waals surface area contributed by atoms with Crippen LogP contribution in [0.25, 0.3) is 0 Å². The number of imidazole rings is 1. The van der Waals surface area contributed by atoms with Gasteiger partial charge in [-0.15, -0.1) is 0 Å². The second-order valence-electron chi connectivity index (χ2n) is 14.3. The first kappa shape index (κ1) is 45.7. The van der Waals surface area contributed by atoms with Crippen molar-refractivity contribution in [2.45, 2.75) is 116 Å². The third-order valence-corrected chi connectivity index (χ3v) is 9.71. The number of H-pyrrole nitrogens is 1. The molecular formula is C36H55N8O11P. The fourth-order valence-electron chi connectivity index (χ4n) is 6.26. The molecule has 6 amide bonds. The van der Waals surface area contributed by atoms with E-state index in [9.17, 15) is 33.3 Å². The molecule has 0 spiro atoms. The van der Waals surface area contributed by atoms with Gasteiger partial charge in [0.1, 0.15) is 30.2 Å². The summed E-state index contributed by atoms with van der Waals surface area (Å²) in [5.74, 6) is -4.54. The Morgan fingerprint density at radius 1 is 0.964 bits per heavy atom. The summed E-state index contributed by atoms with van der Waals surface area (Å²) < 4.78 is 21.8. The summed E-state index contributed by atoms with van der Waals surface area (Å²) in [6.07, 6.45) is 3.87. The number of aromatic nitrogens is 2. The van der Waals surface area contributed by atoms with Crippen molar-refractivity contribution in [1.82, 2.24) is 36.1 Å². The Bertz CT molecular complexity index is 1670. The van der Waals surface area contributed by atoms with Crippen molar-refractivity contribution in [3.05, 3.63) is 54.1 Å². The van der Waals surface area contributed by atoms with Crippen molar-refractivity contribution in [2.75, 3.05) is 13.2 Å². The highest BCUT2D eigenvalue weighted by Gasteiger charge is 2.40. The van der Waals surface area contributed by atoms with E-state index in [-0.39, 0.29) is 43.7 Å². The molecule has 0 saturated carbocycles. The van der Waals surface area contributed by atoms with Crippen LogP contribution in [0.3, 0.4) is 0 Å². The number of ether oxygens (including phenoxy) is 1. The molecule has 1 aliphatic rings. The average molecular weight is 807 g/mol. The SMILES string of the molecule is CC(=O)N1C[C@H](OCCCCc2ccccc2)C[C@H]1C(=O)N[C@@H](CC(C)C)C(=O)N[C@@H](Cc1cnc[nH]1)C(=O)N[C@@H](C)C(=O)N[C@H](C(N)=O)[C@@H](C)OP(=O)(O)O. The monoisotopic (exact) mass is 806 g/mol. The van der Waals surface area contributed by atoms with Gasteiger partial charge in [0.25, 0.3) is 0 Å². The van der Waals surface area contributed by atoms with Crippen LogP contribution < -0.4 is 27.0 Å². The van der Waals surface area contributed by atoms with Crippen molar-refractivity contribution < 1.29 is 52.4 Å². The molecule has 0 unspecified atom stereocenters. The number of carbonyl (C=O) groups excluding carboxylic acids is 6. The number of amides is 6. The number of hydrogen-bond acceptors (Lipinski definition) is 10. The number of primary amides is 1. The van der Waals surface area contributed by atoms with Gasteiger partial charge in [0.05, 0.1) is 18.5 Å². The van der Waals surface area contributed by atoms with E-state index in [2.05, 4.69) is 47.9 Å². The molecule has 2 aromatic rings. The maximum Gasteiger partial charge on any atom is 0.469 e. The number of nitrogens with one attached hydrogen (secondary N) is 5. The van der Waals surface area contributed by atoms with Crippen LogP contribution in [0, 0.1) is 5.92 Å². The molecule has 19 nitrogen and oxygen atoms in total. The lowest BCUT2D eigenvalue weighted by molar-refractivity contribution is -0.138. The highest BCUT2D eigenvalue weighted by Crippen LogP contribution is 2.38. The predicted molar refractivity (Wildman–Crippen MR) is 202 cm³/mol. The molecule has 9 N–H and O–H groups in total. The van der Waals surface area contributed by atoms with E-state index in [0.717, 1.165) is 26.2 Å². The smallest absolute Gasteiger partial charge is 0.376 e. The quantitative estimate of drug-likeness (QED) is 0.0575. The molecule has 310 valence electrons. The van der Waals surface area contributed by atoms with Crippen LogP contribution in [0.1, 0.15) is 71.6 Å². The maximum atomic E-state index is 13.8. The lowest BCUT2D eigenvalue weighted by Gasteiger charge is -2.28. The lowest BCUT2D eigenvalue weighted by Crippen LogP contribution is -2.59. The van der Waals surface area contributed by atoms with Crippen LogP contribution in [0.4, 0.5) is 0 Å². The van der Waals surface area contributed by atoms with Crippen LogP contribution in [-0.4, -0.2) is 116 Å². The zero-order valence-electron chi connectivity index (χ0n) is 32.3. The number of nitrogens with zero attached hydrogens (tertiary/aromatic N) is 2. The molecule has 1 aromatic heterocycles. The molecule has 1 saturated heterocycles. The zero-order valence-corrected chi connectivity index (χ0v) is 33.2. The Kier molecular flexibility index (Phi) is 17.6. The van der Waals surface area contributed by atoms with Gasteiger partial charge in [0.15, 0.2) is 0 Å². The van der Waals surface area contributed by atoms with Crippen LogP contribution in [0.15, 0.2) is 42.9 Å². The number of likely N-dealkylation sites (tertiary alicyclic amines) is 1. The van der Waals surface area contributed by atoms with Crippen LogP contribution in [0.5, 0.6) is 0 Å². The molecule has 1 fully saturated rings. The predicted octanol–water partition coefficient (Wildman–Crippen LogP) is -0.0306. The van der Waals surface area contributed by atoms with E-state index in [4.69, 9.17) is 20.3 Å². The highest BCUT2D eigenvalue weighted by atomic mass is 31.2. The molecule has 20 heteroatoms. The number of rotatable bonds is 22. The molecule has 3 rings (SSSR count). The van der Waals surface area contributed by atoms with Gasteiger partial charge in [-0.2, -0.15) is 0 Å². The number of unbranched alkanes of at least 4 members (excludes halogenated alkanes) is 1. The van der Waals surface area contributed by atoms with E-state index < -0.39 is 73.7 Å². The number of phosphoric acid groups is 1. The number of hydrogen-bond donors (Lipinski definition) is 8. The van der Waals surface area contributed by atoms with E-state index >= 15 is 0 Å². The number of aryl methyl sites for hydroxylation is 1. The molecular weight excluding hydrogens is 751 g/mol. The normalized spacial score (nSPS) is 18.3. The number of benzene rings is 1. The molecule has 0 bridgehead atoms. The van der Waals surface area contributed by atoms with Gasteiger partial charge in [-0.05, 0) is 51.0 Å². The fourth-order valence-corrected chi connectivity index (χ4v) is 6.82. The van der Waals surface area contributed by atoms with Crippen molar-refractivity contribution in [1.29, 1.82) is 0 Å². The molecule has 7 atom stereocenters. The summed E-state index contributed by atoms with van der Waals surface area (Å²) in [5.41, 5.74) is 7.00. The average Bonchev–Trinajstić information content (AvgIpc) is 3.79. The first-order valence-corrected chi connectivity index (χ1v) is 20.0. The van der Waals surface area contributed by atoms with Gasteiger partial charge in [0, 0.05) is 44.8 Å². The minimum Gasteiger partial charge on any atom is -0.376 e. The summed E-state index contributed by atoms with van der Waals surface area (Å²) >= 11 is 0. The van der Waals surface area contributed by atoms with Gasteiger partial charge in [-0.25, -0.2) is 9.55 Å².